The molecule has 13 rings (SSSR count). The summed E-state index contributed by atoms with van der Waals surface area (Å²) in [5.41, 5.74) is 22.1. The average Bonchev–Trinajstić information content (AvgIpc) is 3.99. The summed E-state index contributed by atoms with van der Waals surface area (Å²) in [6.45, 7) is 0. The third-order valence-corrected chi connectivity index (χ3v) is 13.5. The van der Waals surface area contributed by atoms with Gasteiger partial charge in [0.15, 0.2) is 0 Å². The predicted octanol–water partition coefficient (Wildman–Crippen LogP) is 16.4. The zero-order chi connectivity index (χ0) is 41.5. The van der Waals surface area contributed by atoms with Crippen LogP contribution in [-0.2, 0) is 5.41 Å². The van der Waals surface area contributed by atoms with Crippen molar-refractivity contribution in [1.29, 1.82) is 0 Å². The number of anilines is 3. The topological polar surface area (TPSA) is 16.4 Å². The van der Waals surface area contributed by atoms with E-state index >= 15 is 0 Å². The number of benzene rings is 10. The van der Waals surface area contributed by atoms with Gasteiger partial charge in [0.25, 0.3) is 0 Å². The summed E-state index contributed by atoms with van der Waals surface area (Å²) in [7, 11) is 0. The summed E-state index contributed by atoms with van der Waals surface area (Å²) < 4.78 is 7.05. The van der Waals surface area contributed by atoms with E-state index in [0.717, 1.165) is 50.1 Å². The standard InChI is InChI=1S/C61H39NO/c1-3-13-40(14-4-1)42-23-30-46(31-24-42)62(47-32-25-43(26-33-47)41-15-5-2-6-16-41)48-34-27-44(28-35-48)45-29-36-51-52-37-38-57-59(60(52)63-58(51)39-45)53-19-9-12-22-56(53)61(57)54-20-10-7-17-49(54)50-18-8-11-21-55(50)61/h1-39H. The van der Waals surface area contributed by atoms with Crippen molar-refractivity contribution in [2.45, 2.75) is 5.41 Å². The van der Waals surface area contributed by atoms with E-state index in [1.165, 1.54) is 66.8 Å². The maximum Gasteiger partial charge on any atom is 0.143 e. The molecule has 1 aromatic heterocycles. The first-order valence-electron chi connectivity index (χ1n) is 21.7. The van der Waals surface area contributed by atoms with Crippen molar-refractivity contribution in [2.75, 3.05) is 4.90 Å². The van der Waals surface area contributed by atoms with Crippen LogP contribution in [0, 0.1) is 0 Å². The molecule has 0 amide bonds. The van der Waals surface area contributed by atoms with Gasteiger partial charge in [-0.1, -0.05) is 188 Å². The predicted molar refractivity (Wildman–Crippen MR) is 261 cm³/mol. The molecular weight excluding hydrogens is 763 g/mol. The molecule has 2 heteroatoms. The Morgan fingerprint density at radius 1 is 0.302 bits per heavy atom. The molecule has 0 saturated carbocycles. The Balaban J connectivity index is 0.896. The first-order valence-corrected chi connectivity index (χ1v) is 21.7. The molecule has 1 heterocycles. The highest BCUT2D eigenvalue weighted by Gasteiger charge is 2.52. The molecule has 0 radical (unpaired) electrons. The zero-order valence-corrected chi connectivity index (χ0v) is 34.4. The molecule has 0 bridgehead atoms. The summed E-state index contributed by atoms with van der Waals surface area (Å²) >= 11 is 0. The van der Waals surface area contributed by atoms with Crippen LogP contribution in [0.1, 0.15) is 22.3 Å². The second kappa shape index (κ2) is 13.9. The summed E-state index contributed by atoms with van der Waals surface area (Å²) in [4.78, 5) is 2.34. The van der Waals surface area contributed by atoms with Crippen molar-refractivity contribution in [3.63, 3.8) is 0 Å². The monoisotopic (exact) mass is 801 g/mol. The minimum absolute atomic E-state index is 0.402. The van der Waals surface area contributed by atoms with E-state index in [1.807, 2.05) is 0 Å². The van der Waals surface area contributed by atoms with Crippen LogP contribution in [-0.4, -0.2) is 0 Å². The number of fused-ring (bicyclic) bond motifs is 14. The lowest BCUT2D eigenvalue weighted by molar-refractivity contribution is 0.669. The molecule has 0 atom stereocenters. The fraction of sp³-hybridized carbons (Fsp3) is 0.0164. The number of furan rings is 1. The van der Waals surface area contributed by atoms with Gasteiger partial charge in [-0.25, -0.2) is 0 Å². The summed E-state index contributed by atoms with van der Waals surface area (Å²) in [6, 6.07) is 86.0. The van der Waals surface area contributed by atoms with E-state index in [9.17, 15) is 0 Å². The van der Waals surface area contributed by atoms with Crippen molar-refractivity contribution < 1.29 is 4.42 Å². The highest BCUT2D eigenvalue weighted by Crippen LogP contribution is 2.64. The Morgan fingerprint density at radius 3 is 1.22 bits per heavy atom. The van der Waals surface area contributed by atoms with Gasteiger partial charge >= 0.3 is 0 Å². The van der Waals surface area contributed by atoms with Gasteiger partial charge in [0.1, 0.15) is 11.2 Å². The normalized spacial score (nSPS) is 12.9. The number of hydrogen-bond donors (Lipinski definition) is 0. The Bertz CT molecular complexity index is 3400. The van der Waals surface area contributed by atoms with Crippen LogP contribution >= 0.6 is 0 Å². The quantitative estimate of drug-likeness (QED) is 0.167. The lowest BCUT2D eigenvalue weighted by atomic mass is 9.70. The van der Waals surface area contributed by atoms with Crippen molar-refractivity contribution in [1.82, 2.24) is 0 Å². The van der Waals surface area contributed by atoms with Crippen molar-refractivity contribution in [3.05, 3.63) is 259 Å². The summed E-state index contributed by atoms with van der Waals surface area (Å²) in [5, 5.41) is 2.27. The number of hydrogen-bond acceptors (Lipinski definition) is 2. The first-order chi connectivity index (χ1) is 31.2. The van der Waals surface area contributed by atoms with Gasteiger partial charge < -0.3 is 9.32 Å². The van der Waals surface area contributed by atoms with E-state index in [2.05, 4.69) is 241 Å². The Kier molecular flexibility index (Phi) is 7.85. The number of rotatable bonds is 6. The average molecular weight is 802 g/mol. The Morgan fingerprint density at radius 2 is 0.698 bits per heavy atom. The van der Waals surface area contributed by atoms with Crippen LogP contribution in [0.25, 0.3) is 77.6 Å². The SMILES string of the molecule is c1ccc(-c2ccc(N(c3ccc(-c4ccccc4)cc3)c3ccc(-c4ccc5c(c4)oc4c6c(ccc45)C4(c5ccccc5-c5ccccc54)c4ccccc4-6)cc3)cc2)cc1. The second-order valence-electron chi connectivity index (χ2n) is 16.8. The fourth-order valence-electron chi connectivity index (χ4n) is 10.7. The third-order valence-electron chi connectivity index (χ3n) is 13.5. The van der Waals surface area contributed by atoms with Gasteiger partial charge in [0.2, 0.25) is 0 Å². The first kappa shape index (κ1) is 35.5. The van der Waals surface area contributed by atoms with E-state index in [0.29, 0.717) is 0 Å². The van der Waals surface area contributed by atoms with Crippen LogP contribution in [0.4, 0.5) is 17.1 Å². The zero-order valence-electron chi connectivity index (χ0n) is 34.4. The van der Waals surface area contributed by atoms with E-state index in [4.69, 9.17) is 4.42 Å². The van der Waals surface area contributed by atoms with Crippen LogP contribution in [0.3, 0.4) is 0 Å². The molecule has 0 N–H and O–H groups in total. The second-order valence-corrected chi connectivity index (χ2v) is 16.8. The van der Waals surface area contributed by atoms with Gasteiger partial charge in [-0.3, -0.25) is 0 Å². The lowest BCUT2D eigenvalue weighted by Crippen LogP contribution is -2.25. The van der Waals surface area contributed by atoms with Crippen molar-refractivity contribution in [3.8, 4) is 55.6 Å². The maximum absolute atomic E-state index is 7.05. The summed E-state index contributed by atoms with van der Waals surface area (Å²) in [6.07, 6.45) is 0. The summed E-state index contributed by atoms with van der Waals surface area (Å²) in [5.74, 6) is 0. The van der Waals surface area contributed by atoms with Gasteiger partial charge in [-0.05, 0) is 121 Å². The Hall–Kier alpha value is -8.20. The molecule has 0 aliphatic heterocycles. The molecular formula is C61H39NO. The lowest BCUT2D eigenvalue weighted by Gasteiger charge is -2.30. The van der Waals surface area contributed by atoms with Gasteiger partial charge in [-0.2, -0.15) is 0 Å². The molecule has 10 aromatic carbocycles. The third kappa shape index (κ3) is 5.32. The maximum atomic E-state index is 7.05. The van der Waals surface area contributed by atoms with Gasteiger partial charge in [0.05, 0.1) is 5.41 Å². The molecule has 11 aromatic rings. The minimum Gasteiger partial charge on any atom is -0.455 e. The largest absolute Gasteiger partial charge is 0.455 e. The van der Waals surface area contributed by atoms with E-state index in [1.54, 1.807) is 0 Å². The molecule has 1 spiro atoms. The molecule has 0 fully saturated rings. The van der Waals surface area contributed by atoms with Crippen LogP contribution < -0.4 is 4.90 Å². The molecule has 2 nitrogen and oxygen atoms in total. The fourth-order valence-corrected chi connectivity index (χ4v) is 10.7. The van der Waals surface area contributed by atoms with Crippen LogP contribution in [0.5, 0.6) is 0 Å². The Labute approximate surface area is 366 Å². The minimum atomic E-state index is -0.402. The number of nitrogens with zero attached hydrogens (tertiary/aromatic N) is 1. The van der Waals surface area contributed by atoms with Crippen molar-refractivity contribution in [2.24, 2.45) is 0 Å². The molecule has 0 unspecified atom stereocenters. The van der Waals surface area contributed by atoms with Gasteiger partial charge in [0, 0.05) is 33.4 Å². The van der Waals surface area contributed by atoms with Crippen LogP contribution in [0.15, 0.2) is 241 Å². The van der Waals surface area contributed by atoms with E-state index in [-0.39, 0.29) is 0 Å². The molecule has 2 aliphatic rings. The highest BCUT2D eigenvalue weighted by atomic mass is 16.3. The molecule has 294 valence electrons. The van der Waals surface area contributed by atoms with E-state index < -0.39 is 5.41 Å². The van der Waals surface area contributed by atoms with Crippen LogP contribution in [0.2, 0.25) is 0 Å². The molecule has 63 heavy (non-hydrogen) atoms. The smallest absolute Gasteiger partial charge is 0.143 e. The molecule has 0 saturated heterocycles. The molecule has 2 aliphatic carbocycles. The van der Waals surface area contributed by atoms with Gasteiger partial charge in [-0.15, -0.1) is 0 Å². The highest BCUT2D eigenvalue weighted by molar-refractivity contribution is 6.13. The van der Waals surface area contributed by atoms with Crippen molar-refractivity contribution >= 4 is 39.0 Å².